The summed E-state index contributed by atoms with van der Waals surface area (Å²) in [6, 6.07) is 12.9. The summed E-state index contributed by atoms with van der Waals surface area (Å²) in [5.74, 6) is 0.319. The van der Waals surface area contributed by atoms with Crippen LogP contribution in [0.1, 0.15) is 6.92 Å². The molecule has 0 radical (unpaired) electrons. The van der Waals surface area contributed by atoms with Gasteiger partial charge >= 0.3 is 0 Å². The molecule has 0 heterocycles. The van der Waals surface area contributed by atoms with E-state index in [1.807, 2.05) is 6.92 Å². The van der Waals surface area contributed by atoms with Crippen LogP contribution in [0, 0.1) is 0 Å². The van der Waals surface area contributed by atoms with E-state index in [9.17, 15) is 14.8 Å². The summed E-state index contributed by atoms with van der Waals surface area (Å²) in [4.78, 5) is 0. The van der Waals surface area contributed by atoms with Gasteiger partial charge in [0.2, 0.25) is 0 Å². The van der Waals surface area contributed by atoms with Crippen molar-refractivity contribution in [2.24, 2.45) is 0 Å². The zero-order chi connectivity index (χ0) is 13.2. The van der Waals surface area contributed by atoms with Gasteiger partial charge in [-0.15, -0.1) is 0 Å². The molecule has 0 saturated carbocycles. The fourth-order valence-electron chi connectivity index (χ4n) is 1.90. The molecule has 0 saturated heterocycles. The van der Waals surface area contributed by atoms with E-state index in [2.05, 4.69) is 0 Å². The van der Waals surface area contributed by atoms with Crippen LogP contribution in [0.4, 0.5) is 0 Å². The molecular weight excluding hydrogens is 247 g/mol. The van der Waals surface area contributed by atoms with Crippen LogP contribution in [0.5, 0.6) is 11.5 Å². The fourth-order valence-corrected chi connectivity index (χ4v) is 4.19. The van der Waals surface area contributed by atoms with Crippen LogP contribution in [0.2, 0.25) is 0 Å². The van der Waals surface area contributed by atoms with E-state index < -0.39 is 7.14 Å². The van der Waals surface area contributed by atoms with Gasteiger partial charge in [0.15, 0.2) is 0 Å². The van der Waals surface area contributed by atoms with Gasteiger partial charge in [0.25, 0.3) is 0 Å². The quantitative estimate of drug-likeness (QED) is 0.835. The van der Waals surface area contributed by atoms with Crippen LogP contribution >= 0.6 is 7.14 Å². The molecule has 0 aromatic heterocycles. The zero-order valence-electron chi connectivity index (χ0n) is 10.1. The lowest BCUT2D eigenvalue weighted by molar-refractivity contribution is 0.475. The third-order valence-corrected chi connectivity index (χ3v) is 6.13. The normalized spacial score (nSPS) is 11.4. The Morgan fingerprint density at radius 1 is 0.833 bits per heavy atom. The van der Waals surface area contributed by atoms with Gasteiger partial charge in [0, 0.05) is 16.8 Å². The molecule has 0 bridgehead atoms. The molecule has 94 valence electrons. The highest BCUT2D eigenvalue weighted by molar-refractivity contribution is 7.78. The monoisotopic (exact) mass is 262 g/mol. The van der Waals surface area contributed by atoms with E-state index in [1.54, 1.807) is 24.3 Å². The molecule has 2 rings (SSSR count). The number of phenolic OH excluding ortho intramolecular Hbond substituents is 2. The minimum atomic E-state index is -2.67. The van der Waals surface area contributed by atoms with Gasteiger partial charge in [0.05, 0.1) is 0 Å². The summed E-state index contributed by atoms with van der Waals surface area (Å²) < 4.78 is 13.0. The minimum Gasteiger partial charge on any atom is -0.508 e. The van der Waals surface area contributed by atoms with E-state index in [0.717, 1.165) is 0 Å². The summed E-state index contributed by atoms with van der Waals surface area (Å²) in [5, 5.41) is 20.0. The Morgan fingerprint density at radius 2 is 1.17 bits per heavy atom. The molecule has 2 N–H and O–H groups in total. The average molecular weight is 262 g/mol. The van der Waals surface area contributed by atoms with Gasteiger partial charge in [-0.25, -0.2) is 0 Å². The second-order valence-corrected chi connectivity index (χ2v) is 7.23. The van der Waals surface area contributed by atoms with Gasteiger partial charge < -0.3 is 14.8 Å². The second-order valence-electron chi connectivity index (χ2n) is 4.09. The highest BCUT2D eigenvalue weighted by atomic mass is 31.2. The molecular formula is C14H15O3P. The lowest BCUT2D eigenvalue weighted by Crippen LogP contribution is -2.17. The molecule has 0 aliphatic rings. The van der Waals surface area contributed by atoms with E-state index in [-0.39, 0.29) is 11.5 Å². The predicted octanol–water partition coefficient (Wildman–Crippen LogP) is 2.43. The lowest BCUT2D eigenvalue weighted by Gasteiger charge is -2.17. The molecule has 18 heavy (non-hydrogen) atoms. The maximum absolute atomic E-state index is 13.0. The second kappa shape index (κ2) is 4.87. The van der Waals surface area contributed by atoms with Gasteiger partial charge in [-0.05, 0) is 48.5 Å². The van der Waals surface area contributed by atoms with Crippen molar-refractivity contribution in [3.8, 4) is 11.5 Å². The molecule has 0 fully saturated rings. The number of rotatable bonds is 3. The smallest absolute Gasteiger partial charge is 0.143 e. The molecule has 0 spiro atoms. The summed E-state index contributed by atoms with van der Waals surface area (Å²) in [6.45, 7) is 1.88. The molecule has 0 aliphatic heterocycles. The molecule has 0 unspecified atom stereocenters. The molecule has 3 nitrogen and oxygen atoms in total. The highest BCUT2D eigenvalue weighted by Gasteiger charge is 2.24. The lowest BCUT2D eigenvalue weighted by atomic mass is 10.3. The largest absolute Gasteiger partial charge is 0.508 e. The number of benzene rings is 2. The first kappa shape index (κ1) is 12.7. The van der Waals surface area contributed by atoms with E-state index >= 15 is 0 Å². The summed E-state index contributed by atoms with van der Waals surface area (Å²) >= 11 is 0. The van der Waals surface area contributed by atoms with Crippen molar-refractivity contribution in [2.45, 2.75) is 6.92 Å². The maximum atomic E-state index is 13.0. The van der Waals surface area contributed by atoms with Gasteiger partial charge in [0.1, 0.15) is 18.6 Å². The Labute approximate surface area is 106 Å². The Hall–Kier alpha value is -1.73. The zero-order valence-corrected chi connectivity index (χ0v) is 11.0. The van der Waals surface area contributed by atoms with Gasteiger partial charge in [-0.1, -0.05) is 6.92 Å². The Balaban J connectivity index is 2.51. The number of hydrogen-bond donors (Lipinski definition) is 2. The SMILES string of the molecule is CCP(=O)(c1ccc(O)cc1)c1ccc(O)cc1. The molecule has 4 heteroatoms. The van der Waals surface area contributed by atoms with Crippen LogP contribution in [-0.4, -0.2) is 16.4 Å². The summed E-state index contributed by atoms with van der Waals surface area (Å²) in [6.07, 6.45) is 0.503. The fraction of sp³-hybridized carbons (Fsp3) is 0.143. The van der Waals surface area contributed by atoms with Crippen LogP contribution in [0.25, 0.3) is 0 Å². The Bertz CT molecular complexity index is 523. The molecule has 2 aromatic rings. The van der Waals surface area contributed by atoms with Gasteiger partial charge in [-0.2, -0.15) is 0 Å². The van der Waals surface area contributed by atoms with Crippen molar-refractivity contribution in [3.63, 3.8) is 0 Å². The number of aromatic hydroxyl groups is 2. The van der Waals surface area contributed by atoms with E-state index in [1.165, 1.54) is 24.3 Å². The third kappa shape index (κ3) is 2.27. The van der Waals surface area contributed by atoms with Crippen LogP contribution in [0.3, 0.4) is 0 Å². The van der Waals surface area contributed by atoms with Crippen LogP contribution in [0.15, 0.2) is 48.5 Å². The molecule has 0 atom stereocenters. The van der Waals surface area contributed by atoms with Crippen molar-refractivity contribution >= 4 is 17.8 Å². The van der Waals surface area contributed by atoms with Crippen molar-refractivity contribution in [2.75, 3.05) is 6.16 Å². The molecule has 0 amide bonds. The van der Waals surface area contributed by atoms with Crippen LogP contribution in [-0.2, 0) is 4.57 Å². The van der Waals surface area contributed by atoms with Crippen molar-refractivity contribution in [1.82, 2.24) is 0 Å². The molecule has 2 aromatic carbocycles. The number of phenols is 2. The Kier molecular flexibility index (Phi) is 3.44. The first-order valence-corrected chi connectivity index (χ1v) is 7.64. The molecule has 0 aliphatic carbocycles. The Morgan fingerprint density at radius 3 is 1.44 bits per heavy atom. The van der Waals surface area contributed by atoms with Crippen LogP contribution < -0.4 is 10.6 Å². The van der Waals surface area contributed by atoms with E-state index in [0.29, 0.717) is 16.8 Å². The third-order valence-electron chi connectivity index (χ3n) is 2.98. The standard InChI is InChI=1S/C14H15O3P/c1-2-18(17,13-7-3-11(15)4-8-13)14-9-5-12(16)6-10-14/h3-10,15-16H,2H2,1H3. The summed E-state index contributed by atoms with van der Waals surface area (Å²) in [5.41, 5.74) is 0. The van der Waals surface area contributed by atoms with Crippen molar-refractivity contribution in [1.29, 1.82) is 0 Å². The average Bonchev–Trinajstić information content (AvgIpc) is 2.39. The highest BCUT2D eigenvalue weighted by Crippen LogP contribution is 2.43. The van der Waals surface area contributed by atoms with Crippen molar-refractivity contribution in [3.05, 3.63) is 48.5 Å². The van der Waals surface area contributed by atoms with Gasteiger partial charge in [-0.3, -0.25) is 0 Å². The maximum Gasteiger partial charge on any atom is 0.143 e. The first-order valence-electron chi connectivity index (χ1n) is 5.74. The first-order chi connectivity index (χ1) is 8.56. The topological polar surface area (TPSA) is 57.5 Å². The number of hydrogen-bond acceptors (Lipinski definition) is 3. The van der Waals surface area contributed by atoms with E-state index in [4.69, 9.17) is 0 Å². The van der Waals surface area contributed by atoms with Crippen molar-refractivity contribution < 1.29 is 14.8 Å². The minimum absolute atomic E-state index is 0.159. The predicted molar refractivity (Wildman–Crippen MR) is 73.6 cm³/mol. The summed E-state index contributed by atoms with van der Waals surface area (Å²) in [7, 11) is -2.67.